The van der Waals surface area contributed by atoms with Crippen LogP contribution in [0.2, 0.25) is 0 Å². The predicted octanol–water partition coefficient (Wildman–Crippen LogP) is 2.10. The van der Waals surface area contributed by atoms with E-state index in [4.69, 9.17) is 9.78 Å². The van der Waals surface area contributed by atoms with E-state index in [1.54, 1.807) is 33.8 Å². The minimum Gasteiger partial charge on any atom is -0.359 e. The van der Waals surface area contributed by atoms with Crippen molar-refractivity contribution in [3.05, 3.63) is 23.8 Å². The van der Waals surface area contributed by atoms with E-state index < -0.39 is 22.2 Å². The van der Waals surface area contributed by atoms with Crippen LogP contribution in [0.3, 0.4) is 0 Å². The Kier molecular flexibility index (Phi) is 2.66. The maximum atomic E-state index is 12.9. The smallest absolute Gasteiger partial charge is 0.240 e. The highest BCUT2D eigenvalue weighted by Crippen LogP contribution is 2.58. The van der Waals surface area contributed by atoms with Crippen molar-refractivity contribution in [1.82, 2.24) is 0 Å². The summed E-state index contributed by atoms with van der Waals surface area (Å²) in [6, 6.07) is 0. The van der Waals surface area contributed by atoms with Crippen LogP contribution in [0.4, 0.5) is 0 Å². The summed E-state index contributed by atoms with van der Waals surface area (Å²) in [5.74, 6) is -2.21. The van der Waals surface area contributed by atoms with Gasteiger partial charge in [0, 0.05) is 5.92 Å². The van der Waals surface area contributed by atoms with Crippen molar-refractivity contribution in [1.29, 1.82) is 0 Å². The normalized spacial score (nSPS) is 46.2. The summed E-state index contributed by atoms with van der Waals surface area (Å²) in [7, 11) is 0. The lowest BCUT2D eigenvalue weighted by Crippen LogP contribution is -2.67. The zero-order valence-corrected chi connectivity index (χ0v) is 13.9. The van der Waals surface area contributed by atoms with Gasteiger partial charge < -0.3 is 5.11 Å². The summed E-state index contributed by atoms with van der Waals surface area (Å²) in [5.41, 5.74) is -3.00. The lowest BCUT2D eigenvalue weighted by Gasteiger charge is -2.53. The van der Waals surface area contributed by atoms with E-state index in [-0.39, 0.29) is 23.1 Å². The number of hydrogen-bond acceptors (Lipinski definition) is 5. The van der Waals surface area contributed by atoms with E-state index in [2.05, 4.69) is 12.2 Å². The molecular weight excluding hydrogens is 296 g/mol. The van der Waals surface area contributed by atoms with Gasteiger partial charge in [0.1, 0.15) is 5.60 Å². The molecule has 1 heterocycles. The summed E-state index contributed by atoms with van der Waals surface area (Å²) in [5, 5.41) is 11.0. The van der Waals surface area contributed by atoms with Crippen molar-refractivity contribution in [2.75, 3.05) is 0 Å². The summed E-state index contributed by atoms with van der Waals surface area (Å²) in [6.45, 7) is 6.42. The maximum Gasteiger partial charge on any atom is 0.240 e. The molecule has 1 N–H and O–H groups in total. The molecule has 4 atom stereocenters. The molecule has 4 rings (SSSR count). The number of rotatable bonds is 0. The van der Waals surface area contributed by atoms with Gasteiger partial charge in [0.05, 0.1) is 16.4 Å². The van der Waals surface area contributed by atoms with Crippen LogP contribution in [0.5, 0.6) is 0 Å². The Balaban J connectivity index is 1.89. The van der Waals surface area contributed by atoms with Gasteiger partial charge in [-0.25, -0.2) is 4.89 Å². The minimum absolute atomic E-state index is 0.140. The molecule has 0 saturated heterocycles. The molecule has 1 aliphatic heterocycles. The van der Waals surface area contributed by atoms with Gasteiger partial charge >= 0.3 is 0 Å². The molecular formula is C18H22O5. The first-order valence-corrected chi connectivity index (χ1v) is 8.15. The van der Waals surface area contributed by atoms with Crippen LogP contribution in [0.1, 0.15) is 40.5 Å². The molecule has 5 heteroatoms. The Hall–Kier alpha value is -1.30. The quantitative estimate of drug-likeness (QED) is 0.421. The summed E-state index contributed by atoms with van der Waals surface area (Å²) in [6.07, 6.45) is 7.69. The molecule has 0 radical (unpaired) electrons. The van der Waals surface area contributed by atoms with E-state index in [0.717, 1.165) is 12.8 Å². The molecule has 0 aromatic carbocycles. The van der Waals surface area contributed by atoms with Crippen LogP contribution in [-0.2, 0) is 19.4 Å². The second kappa shape index (κ2) is 4.02. The average Bonchev–Trinajstić information content (AvgIpc) is 3.08. The molecule has 3 aliphatic carbocycles. The summed E-state index contributed by atoms with van der Waals surface area (Å²) >= 11 is 0. The van der Waals surface area contributed by atoms with Crippen molar-refractivity contribution < 1.29 is 24.5 Å². The lowest BCUT2D eigenvalue weighted by molar-refractivity contribution is -0.469. The van der Waals surface area contributed by atoms with Crippen LogP contribution >= 0.6 is 0 Å². The Morgan fingerprint density at radius 1 is 1.13 bits per heavy atom. The summed E-state index contributed by atoms with van der Waals surface area (Å²) in [4.78, 5) is 36.7. The highest BCUT2D eigenvalue weighted by Gasteiger charge is 2.69. The Bertz CT molecular complexity index is 686. The number of carbonyl (C=O) groups excluding carboxylic acids is 2. The van der Waals surface area contributed by atoms with Crippen LogP contribution < -0.4 is 0 Å². The zero-order chi connectivity index (χ0) is 16.8. The number of ketones is 2. The van der Waals surface area contributed by atoms with Crippen LogP contribution in [-0.4, -0.2) is 28.1 Å². The van der Waals surface area contributed by atoms with Gasteiger partial charge in [0.25, 0.3) is 0 Å². The van der Waals surface area contributed by atoms with Crippen molar-refractivity contribution in [2.45, 2.75) is 51.9 Å². The number of carbonyl (C=O) groups is 2. The molecule has 4 aliphatic rings. The van der Waals surface area contributed by atoms with Gasteiger partial charge in [-0.15, -0.1) is 0 Å². The second-order valence-electron chi connectivity index (χ2n) is 8.42. The highest BCUT2D eigenvalue weighted by molar-refractivity contribution is 6.19. The Morgan fingerprint density at radius 2 is 1.83 bits per heavy atom. The first-order valence-electron chi connectivity index (χ1n) is 8.15. The average molecular weight is 318 g/mol. The van der Waals surface area contributed by atoms with E-state index in [9.17, 15) is 14.7 Å². The standard InChI is InChI=1S/C18H22O5/c1-15(2)13(19)12-9-17(8-10-5-6-11(17)7-10)22-23-18(12,21)16(3,4)14(15)20/h5-6,9-11,21H,7-8H2,1-4H3/t10-,11+,17-,18+/m1/s1. The third-order valence-corrected chi connectivity index (χ3v) is 6.25. The molecule has 2 fully saturated rings. The van der Waals surface area contributed by atoms with Crippen molar-refractivity contribution >= 4 is 11.6 Å². The molecule has 1 spiro atoms. The number of fused-ring (bicyclic) bond motifs is 4. The van der Waals surface area contributed by atoms with Gasteiger partial charge in [-0.3, -0.25) is 9.59 Å². The van der Waals surface area contributed by atoms with Crippen LogP contribution in [0.15, 0.2) is 23.8 Å². The van der Waals surface area contributed by atoms with E-state index in [1.807, 2.05) is 0 Å². The monoisotopic (exact) mass is 318 g/mol. The first-order chi connectivity index (χ1) is 10.5. The highest BCUT2D eigenvalue weighted by atomic mass is 17.2. The zero-order valence-electron chi connectivity index (χ0n) is 13.9. The minimum atomic E-state index is -2.03. The van der Waals surface area contributed by atoms with Gasteiger partial charge in [-0.2, -0.15) is 4.89 Å². The maximum absolute atomic E-state index is 12.9. The fraction of sp³-hybridized carbons (Fsp3) is 0.667. The summed E-state index contributed by atoms with van der Waals surface area (Å²) < 4.78 is 0. The fourth-order valence-corrected chi connectivity index (χ4v) is 4.70. The second-order valence-corrected chi connectivity index (χ2v) is 8.42. The Morgan fingerprint density at radius 3 is 2.39 bits per heavy atom. The number of Topliss-reactive ketones (excluding diaryl/α,β-unsaturated/α-hetero) is 2. The topological polar surface area (TPSA) is 72.8 Å². The molecule has 0 aromatic rings. The van der Waals surface area contributed by atoms with Crippen molar-refractivity contribution in [3.8, 4) is 0 Å². The molecule has 0 aromatic heterocycles. The van der Waals surface area contributed by atoms with E-state index in [1.165, 1.54) is 0 Å². The largest absolute Gasteiger partial charge is 0.359 e. The molecule has 23 heavy (non-hydrogen) atoms. The van der Waals surface area contributed by atoms with Gasteiger partial charge in [-0.1, -0.05) is 12.2 Å². The van der Waals surface area contributed by atoms with Gasteiger partial charge in [0.2, 0.25) is 5.79 Å². The number of allylic oxidation sites excluding steroid dienone is 1. The Labute approximate surface area is 135 Å². The lowest BCUT2D eigenvalue weighted by atomic mass is 9.57. The molecule has 2 saturated carbocycles. The third-order valence-electron chi connectivity index (χ3n) is 6.25. The van der Waals surface area contributed by atoms with Gasteiger partial charge in [-0.05, 0) is 52.5 Å². The molecule has 0 amide bonds. The first kappa shape index (κ1) is 15.2. The molecule has 2 bridgehead atoms. The van der Waals surface area contributed by atoms with Crippen LogP contribution in [0.25, 0.3) is 0 Å². The molecule has 0 unspecified atom stereocenters. The predicted molar refractivity (Wildman–Crippen MR) is 80.9 cm³/mol. The fourth-order valence-electron chi connectivity index (χ4n) is 4.70. The van der Waals surface area contributed by atoms with Crippen molar-refractivity contribution in [3.63, 3.8) is 0 Å². The van der Waals surface area contributed by atoms with E-state index >= 15 is 0 Å². The molecule has 124 valence electrons. The van der Waals surface area contributed by atoms with E-state index in [0.29, 0.717) is 5.92 Å². The number of hydrogen-bond donors (Lipinski definition) is 1. The van der Waals surface area contributed by atoms with Crippen LogP contribution in [0, 0.1) is 22.7 Å². The SMILES string of the molecule is CC1(C)C(=O)C2=C[C@@]3(C[C@@H]4C=C[C@H]3C4)OO[C@]2(O)C(C)(C)C1=O. The van der Waals surface area contributed by atoms with Gasteiger partial charge in [0.15, 0.2) is 11.6 Å². The third kappa shape index (κ3) is 1.58. The number of aliphatic hydroxyl groups is 1. The van der Waals surface area contributed by atoms with Crippen molar-refractivity contribution in [2.24, 2.45) is 22.7 Å². The molecule has 5 nitrogen and oxygen atoms in total.